The first-order chi connectivity index (χ1) is 12.4. The van der Waals surface area contributed by atoms with Gasteiger partial charge in [0.25, 0.3) is 0 Å². The zero-order chi connectivity index (χ0) is 20.4. The summed E-state index contributed by atoms with van der Waals surface area (Å²) >= 11 is 0. The quantitative estimate of drug-likeness (QED) is 0.704. The predicted octanol–water partition coefficient (Wildman–Crippen LogP) is 4.72. The van der Waals surface area contributed by atoms with E-state index in [0.29, 0.717) is 31.5 Å². The maximum atomic E-state index is 12.8. The van der Waals surface area contributed by atoms with Crippen molar-refractivity contribution in [3.8, 4) is 5.75 Å². The summed E-state index contributed by atoms with van der Waals surface area (Å²) < 4.78 is 46.5. The van der Waals surface area contributed by atoms with E-state index in [9.17, 15) is 22.8 Å². The number of likely N-dealkylation sites (tertiary alicyclic amines) is 1. The lowest BCUT2D eigenvalue weighted by atomic mass is 9.87. The zero-order valence-corrected chi connectivity index (χ0v) is 15.9. The molecule has 0 unspecified atom stereocenters. The minimum atomic E-state index is -4.81. The lowest BCUT2D eigenvalue weighted by molar-refractivity contribution is -0.274. The Balaban J connectivity index is 2.03. The molecule has 0 atom stereocenters. The molecule has 1 aliphatic rings. The Morgan fingerprint density at radius 3 is 2.22 bits per heavy atom. The van der Waals surface area contributed by atoms with Crippen molar-refractivity contribution in [2.24, 2.45) is 5.92 Å². The van der Waals surface area contributed by atoms with Gasteiger partial charge in [-0.15, -0.1) is 13.2 Å². The molecule has 0 N–H and O–H groups in total. The summed E-state index contributed by atoms with van der Waals surface area (Å²) in [7, 11) is 0. The number of hydrogen-bond donors (Lipinski definition) is 0. The lowest BCUT2D eigenvalue weighted by Crippen LogP contribution is -2.43. The van der Waals surface area contributed by atoms with Crippen LogP contribution in [0.4, 0.5) is 18.0 Å². The minimum absolute atomic E-state index is 0.215. The lowest BCUT2D eigenvalue weighted by Gasteiger charge is -2.33. The fraction of sp³-hybridized carbons (Fsp3) is 0.579. The summed E-state index contributed by atoms with van der Waals surface area (Å²) in [6, 6.07) is 3.75. The summed E-state index contributed by atoms with van der Waals surface area (Å²) in [5.74, 6) is -1.00. The average Bonchev–Trinajstić information content (AvgIpc) is 2.53. The van der Waals surface area contributed by atoms with E-state index >= 15 is 0 Å². The molecule has 0 aliphatic carbocycles. The minimum Gasteiger partial charge on any atom is -0.444 e. The smallest absolute Gasteiger partial charge is 0.444 e. The van der Waals surface area contributed by atoms with Crippen LogP contribution in [0.3, 0.4) is 0 Å². The molecule has 5 nitrogen and oxygen atoms in total. The first-order valence-corrected chi connectivity index (χ1v) is 8.74. The third-order valence-corrected chi connectivity index (χ3v) is 4.23. The van der Waals surface area contributed by atoms with Gasteiger partial charge in [-0.3, -0.25) is 4.79 Å². The van der Waals surface area contributed by atoms with Crippen molar-refractivity contribution in [2.45, 2.75) is 52.5 Å². The molecule has 27 heavy (non-hydrogen) atoms. The Morgan fingerprint density at radius 1 is 1.11 bits per heavy atom. The normalized spacial score (nSPS) is 16.2. The third-order valence-electron chi connectivity index (χ3n) is 4.23. The number of carbonyl (C=O) groups excluding carboxylic acids is 2. The van der Waals surface area contributed by atoms with E-state index in [2.05, 4.69) is 4.74 Å². The predicted molar refractivity (Wildman–Crippen MR) is 92.7 cm³/mol. The van der Waals surface area contributed by atoms with Gasteiger partial charge in [0.1, 0.15) is 11.4 Å². The number of halogens is 3. The first-order valence-electron chi connectivity index (χ1n) is 8.74. The highest BCUT2D eigenvalue weighted by atomic mass is 19.4. The second-order valence-electron chi connectivity index (χ2n) is 7.63. The van der Waals surface area contributed by atoms with E-state index in [-0.39, 0.29) is 17.3 Å². The van der Waals surface area contributed by atoms with Gasteiger partial charge in [0, 0.05) is 24.6 Å². The Morgan fingerprint density at radius 2 is 1.70 bits per heavy atom. The molecular formula is C19H24F3NO4. The number of alkyl halides is 3. The van der Waals surface area contributed by atoms with Crippen molar-refractivity contribution in [3.05, 3.63) is 29.3 Å². The van der Waals surface area contributed by atoms with Gasteiger partial charge in [0.05, 0.1) is 0 Å². The largest absolute Gasteiger partial charge is 0.573 e. The van der Waals surface area contributed by atoms with E-state index in [1.54, 1.807) is 32.6 Å². The number of nitrogens with zero attached hydrogens (tertiary/aromatic N) is 1. The van der Waals surface area contributed by atoms with Crippen LogP contribution in [0.2, 0.25) is 0 Å². The number of benzene rings is 1. The number of ether oxygens (including phenoxy) is 2. The van der Waals surface area contributed by atoms with Crippen molar-refractivity contribution in [3.63, 3.8) is 0 Å². The van der Waals surface area contributed by atoms with Crippen LogP contribution in [-0.2, 0) is 4.74 Å². The number of Topliss-reactive ketones (excluding diaryl/α,β-unsaturated/α-hetero) is 1. The first kappa shape index (κ1) is 21.1. The maximum Gasteiger partial charge on any atom is 0.573 e. The van der Waals surface area contributed by atoms with Crippen molar-refractivity contribution >= 4 is 11.9 Å². The Hall–Kier alpha value is -2.25. The van der Waals surface area contributed by atoms with Gasteiger partial charge in [-0.1, -0.05) is 6.07 Å². The number of carbonyl (C=O) groups is 2. The Kier molecular flexibility index (Phi) is 6.07. The molecule has 0 radical (unpaired) electrons. The fourth-order valence-corrected chi connectivity index (χ4v) is 2.93. The van der Waals surface area contributed by atoms with Crippen LogP contribution in [0, 0.1) is 12.8 Å². The summed E-state index contributed by atoms with van der Waals surface area (Å²) in [4.78, 5) is 26.4. The number of ketones is 1. The molecule has 1 amide bonds. The monoisotopic (exact) mass is 387 g/mol. The molecular weight excluding hydrogens is 363 g/mol. The number of hydrogen-bond acceptors (Lipinski definition) is 4. The summed E-state index contributed by atoms with van der Waals surface area (Å²) in [6.45, 7) is 7.73. The summed E-state index contributed by atoms with van der Waals surface area (Å²) in [6.07, 6.45) is -4.37. The molecule has 0 saturated carbocycles. The van der Waals surface area contributed by atoms with Gasteiger partial charge in [-0.25, -0.2) is 4.79 Å². The van der Waals surface area contributed by atoms with E-state index in [0.717, 1.165) is 6.07 Å². The van der Waals surface area contributed by atoms with Crippen molar-refractivity contribution in [1.82, 2.24) is 4.90 Å². The van der Waals surface area contributed by atoms with E-state index in [1.807, 2.05) is 0 Å². The van der Waals surface area contributed by atoms with Gasteiger partial charge in [0.2, 0.25) is 0 Å². The Labute approximate surface area is 156 Å². The number of rotatable bonds is 3. The molecule has 0 bridgehead atoms. The molecule has 1 saturated heterocycles. The van der Waals surface area contributed by atoms with Gasteiger partial charge >= 0.3 is 12.5 Å². The van der Waals surface area contributed by atoms with Gasteiger partial charge in [-0.05, 0) is 58.2 Å². The fourth-order valence-electron chi connectivity index (χ4n) is 2.93. The molecule has 0 aromatic heterocycles. The van der Waals surface area contributed by atoms with Gasteiger partial charge in [-0.2, -0.15) is 0 Å². The number of piperidine rings is 1. The highest BCUT2D eigenvalue weighted by Gasteiger charge is 2.33. The molecule has 1 fully saturated rings. The van der Waals surface area contributed by atoms with E-state index < -0.39 is 23.8 Å². The van der Waals surface area contributed by atoms with Crippen molar-refractivity contribution < 1.29 is 32.2 Å². The molecule has 1 aliphatic heterocycles. The molecule has 1 heterocycles. The number of amides is 1. The molecule has 0 spiro atoms. The maximum absolute atomic E-state index is 12.8. The van der Waals surface area contributed by atoms with E-state index in [1.165, 1.54) is 12.1 Å². The van der Waals surface area contributed by atoms with Crippen molar-refractivity contribution in [1.29, 1.82) is 0 Å². The van der Waals surface area contributed by atoms with Crippen LogP contribution in [0.25, 0.3) is 0 Å². The highest BCUT2D eigenvalue weighted by Crippen LogP contribution is 2.29. The molecule has 1 aromatic carbocycles. The average molecular weight is 387 g/mol. The van der Waals surface area contributed by atoms with Crippen molar-refractivity contribution in [2.75, 3.05) is 13.1 Å². The third kappa shape index (κ3) is 6.15. The topological polar surface area (TPSA) is 55.8 Å². The Bertz CT molecular complexity index is 702. The second-order valence-corrected chi connectivity index (χ2v) is 7.63. The SMILES string of the molecule is Cc1ccc(OC(F)(F)F)cc1C(=O)C1CCN(C(=O)OC(C)(C)C)CC1. The summed E-state index contributed by atoms with van der Waals surface area (Å²) in [5.41, 5.74) is 0.205. The molecule has 8 heteroatoms. The van der Waals surface area contributed by atoms with Crippen LogP contribution in [-0.4, -0.2) is 41.8 Å². The molecule has 150 valence electrons. The zero-order valence-electron chi connectivity index (χ0n) is 15.9. The van der Waals surface area contributed by atoms with Crippen LogP contribution < -0.4 is 4.74 Å². The number of aryl methyl sites for hydroxylation is 1. The van der Waals surface area contributed by atoms with Crippen LogP contribution in [0.5, 0.6) is 5.75 Å². The van der Waals surface area contributed by atoms with Crippen LogP contribution in [0.15, 0.2) is 18.2 Å². The van der Waals surface area contributed by atoms with Gasteiger partial charge in [0.15, 0.2) is 5.78 Å². The van der Waals surface area contributed by atoms with Crippen LogP contribution in [0.1, 0.15) is 49.5 Å². The van der Waals surface area contributed by atoms with E-state index in [4.69, 9.17) is 4.74 Å². The standard InChI is InChI=1S/C19H24F3NO4/c1-12-5-6-14(26-19(20,21)22)11-15(12)16(24)13-7-9-23(10-8-13)17(25)27-18(2,3)4/h5-6,11,13H,7-10H2,1-4H3. The molecule has 2 rings (SSSR count). The second kappa shape index (κ2) is 7.78. The van der Waals surface area contributed by atoms with Gasteiger partial charge < -0.3 is 14.4 Å². The summed E-state index contributed by atoms with van der Waals surface area (Å²) in [5, 5.41) is 0. The molecule has 1 aromatic rings. The highest BCUT2D eigenvalue weighted by molar-refractivity contribution is 5.99. The van der Waals surface area contributed by atoms with Crippen LogP contribution >= 0.6 is 0 Å².